The average Bonchev–Trinajstić information content (AvgIpc) is 2.43. The van der Waals surface area contributed by atoms with E-state index in [1.807, 2.05) is 13.0 Å². The fourth-order valence-corrected chi connectivity index (χ4v) is 1.54. The van der Waals surface area contributed by atoms with E-state index in [0.29, 0.717) is 18.4 Å². The van der Waals surface area contributed by atoms with Crippen LogP contribution in [0.15, 0.2) is 24.3 Å². The number of anilines is 1. The van der Waals surface area contributed by atoms with Gasteiger partial charge in [-0.2, -0.15) is 5.26 Å². The van der Waals surface area contributed by atoms with Crippen LogP contribution >= 0.6 is 0 Å². The third kappa shape index (κ3) is 3.86. The van der Waals surface area contributed by atoms with Gasteiger partial charge in [-0.15, -0.1) is 0 Å². The zero-order valence-corrected chi connectivity index (χ0v) is 11.0. The fourth-order valence-electron chi connectivity index (χ4n) is 1.54. The lowest BCUT2D eigenvalue weighted by Gasteiger charge is -2.18. The van der Waals surface area contributed by atoms with Crippen LogP contribution in [0, 0.1) is 11.3 Å². The Bertz CT molecular complexity index is 451. The molecule has 18 heavy (non-hydrogen) atoms. The van der Waals surface area contributed by atoms with Gasteiger partial charge in [0.25, 0.3) is 0 Å². The van der Waals surface area contributed by atoms with Crippen molar-refractivity contribution in [2.45, 2.75) is 25.9 Å². The minimum absolute atomic E-state index is 0.0222. The van der Waals surface area contributed by atoms with E-state index in [1.165, 1.54) is 0 Å². The van der Waals surface area contributed by atoms with Crippen LogP contribution in [0.1, 0.15) is 25.3 Å². The van der Waals surface area contributed by atoms with Crippen molar-refractivity contribution in [1.82, 2.24) is 0 Å². The normalized spacial score (nSPS) is 11.7. The number of benzene rings is 1. The largest absolute Gasteiger partial charge is 0.382 e. The van der Waals surface area contributed by atoms with Crippen molar-refractivity contribution in [2.75, 3.05) is 19.1 Å². The van der Waals surface area contributed by atoms with Gasteiger partial charge in [-0.25, -0.2) is 0 Å². The molecule has 0 heterocycles. The summed E-state index contributed by atoms with van der Waals surface area (Å²) >= 11 is 0. The summed E-state index contributed by atoms with van der Waals surface area (Å²) in [5.41, 5.74) is 1.29. The first-order chi connectivity index (χ1) is 8.58. The number of carbonyl (C=O) groups is 1. The second-order valence-corrected chi connectivity index (χ2v) is 4.20. The van der Waals surface area contributed by atoms with Crippen LogP contribution < -0.4 is 4.90 Å². The zero-order chi connectivity index (χ0) is 13.5. The van der Waals surface area contributed by atoms with Gasteiger partial charge in [-0.1, -0.05) is 6.07 Å². The van der Waals surface area contributed by atoms with E-state index < -0.39 is 0 Å². The Labute approximate surface area is 108 Å². The molecule has 0 saturated heterocycles. The number of hydrogen-bond donors (Lipinski definition) is 0. The van der Waals surface area contributed by atoms with E-state index in [2.05, 4.69) is 6.07 Å². The summed E-state index contributed by atoms with van der Waals surface area (Å²) < 4.78 is 5.11. The molecule has 0 N–H and O–H groups in total. The maximum atomic E-state index is 12.0. The fraction of sp³-hybridized carbons (Fsp3) is 0.429. The Kier molecular flexibility index (Phi) is 5.34. The molecule has 0 bridgehead atoms. The number of ether oxygens (including phenoxy) is 1. The van der Waals surface area contributed by atoms with Gasteiger partial charge in [0.05, 0.1) is 17.7 Å². The molecule has 1 rings (SSSR count). The Balaban J connectivity index is 2.65. The Hall–Kier alpha value is -1.86. The molecule has 0 aliphatic heterocycles. The maximum Gasteiger partial charge on any atom is 0.226 e. The molecule has 0 fully saturated rings. The molecule has 1 atom stereocenters. The third-order valence-corrected chi connectivity index (χ3v) is 2.90. The van der Waals surface area contributed by atoms with Crippen LogP contribution in [0.25, 0.3) is 0 Å². The summed E-state index contributed by atoms with van der Waals surface area (Å²) in [6, 6.07) is 9.08. The summed E-state index contributed by atoms with van der Waals surface area (Å²) in [6.45, 7) is 1.93. The van der Waals surface area contributed by atoms with Gasteiger partial charge < -0.3 is 9.64 Å². The number of nitrogens with zero attached hydrogens (tertiary/aromatic N) is 2. The van der Waals surface area contributed by atoms with Gasteiger partial charge in [0, 0.05) is 26.3 Å². The van der Waals surface area contributed by atoms with Crippen LogP contribution in [-0.2, 0) is 9.53 Å². The first-order valence-electron chi connectivity index (χ1n) is 5.88. The molecule has 1 aromatic rings. The van der Waals surface area contributed by atoms with Crippen molar-refractivity contribution in [2.24, 2.45) is 0 Å². The smallest absolute Gasteiger partial charge is 0.226 e. The molecule has 1 unspecified atom stereocenters. The minimum Gasteiger partial charge on any atom is -0.382 e. The molecule has 0 saturated carbocycles. The first kappa shape index (κ1) is 14.2. The predicted molar refractivity (Wildman–Crippen MR) is 70.3 cm³/mol. The Morgan fingerprint density at radius 1 is 1.56 bits per heavy atom. The SMILES string of the molecule is COC(C)CCC(=O)N(C)c1cccc(C#N)c1. The van der Waals surface area contributed by atoms with Gasteiger partial charge in [0.2, 0.25) is 5.91 Å². The summed E-state index contributed by atoms with van der Waals surface area (Å²) in [6.07, 6.45) is 1.20. The van der Waals surface area contributed by atoms with Crippen LogP contribution in [0.5, 0.6) is 0 Å². The van der Waals surface area contributed by atoms with E-state index >= 15 is 0 Å². The second kappa shape index (κ2) is 6.77. The molecule has 0 aliphatic carbocycles. The number of hydrogen-bond acceptors (Lipinski definition) is 3. The van der Waals surface area contributed by atoms with E-state index in [1.54, 1.807) is 37.3 Å². The lowest BCUT2D eigenvalue weighted by atomic mass is 10.1. The highest BCUT2D eigenvalue weighted by molar-refractivity contribution is 5.92. The van der Waals surface area contributed by atoms with Crippen LogP contribution in [0.4, 0.5) is 5.69 Å². The second-order valence-electron chi connectivity index (χ2n) is 4.20. The Morgan fingerprint density at radius 3 is 2.89 bits per heavy atom. The molecular formula is C14H18N2O2. The van der Waals surface area contributed by atoms with Crippen molar-refractivity contribution in [3.8, 4) is 6.07 Å². The summed E-state index contributed by atoms with van der Waals surface area (Å²) in [7, 11) is 3.35. The lowest BCUT2D eigenvalue weighted by molar-refractivity contribution is -0.118. The summed E-state index contributed by atoms with van der Waals surface area (Å²) in [4.78, 5) is 13.5. The van der Waals surface area contributed by atoms with E-state index in [4.69, 9.17) is 10.00 Å². The zero-order valence-electron chi connectivity index (χ0n) is 11.0. The highest BCUT2D eigenvalue weighted by atomic mass is 16.5. The molecule has 0 spiro atoms. The average molecular weight is 246 g/mol. The molecule has 0 aromatic heterocycles. The van der Waals surface area contributed by atoms with Crippen LogP contribution in [0.2, 0.25) is 0 Å². The number of rotatable bonds is 5. The topological polar surface area (TPSA) is 53.3 Å². The highest BCUT2D eigenvalue weighted by Crippen LogP contribution is 2.16. The van der Waals surface area contributed by atoms with Crippen molar-refractivity contribution in [1.29, 1.82) is 5.26 Å². The van der Waals surface area contributed by atoms with E-state index in [9.17, 15) is 4.79 Å². The maximum absolute atomic E-state index is 12.0. The predicted octanol–water partition coefficient (Wildman–Crippen LogP) is 2.34. The van der Waals surface area contributed by atoms with Crippen molar-refractivity contribution in [3.05, 3.63) is 29.8 Å². The molecule has 0 aliphatic rings. The van der Waals surface area contributed by atoms with Gasteiger partial charge in [0.15, 0.2) is 0 Å². The van der Waals surface area contributed by atoms with Crippen LogP contribution in [-0.4, -0.2) is 26.2 Å². The third-order valence-electron chi connectivity index (χ3n) is 2.90. The van der Waals surface area contributed by atoms with Gasteiger partial charge >= 0.3 is 0 Å². The van der Waals surface area contributed by atoms with E-state index in [-0.39, 0.29) is 12.0 Å². The number of methoxy groups -OCH3 is 1. The monoisotopic (exact) mass is 246 g/mol. The molecule has 0 radical (unpaired) electrons. The van der Waals surface area contributed by atoms with Crippen molar-refractivity contribution in [3.63, 3.8) is 0 Å². The minimum atomic E-state index is 0.0222. The highest BCUT2D eigenvalue weighted by Gasteiger charge is 2.12. The van der Waals surface area contributed by atoms with Gasteiger partial charge in [0.1, 0.15) is 0 Å². The van der Waals surface area contributed by atoms with Crippen molar-refractivity contribution >= 4 is 11.6 Å². The number of carbonyl (C=O) groups excluding carboxylic acids is 1. The molecule has 1 aromatic carbocycles. The molecular weight excluding hydrogens is 228 g/mol. The van der Waals surface area contributed by atoms with Crippen LogP contribution in [0.3, 0.4) is 0 Å². The summed E-state index contributed by atoms with van der Waals surface area (Å²) in [5, 5.41) is 8.82. The standard InChI is InChI=1S/C14H18N2O2/c1-11(18-3)7-8-14(17)16(2)13-6-4-5-12(9-13)10-15/h4-6,9,11H,7-8H2,1-3H3. The van der Waals surface area contributed by atoms with Gasteiger partial charge in [-0.05, 0) is 31.5 Å². The Morgan fingerprint density at radius 2 is 2.28 bits per heavy atom. The molecule has 4 nitrogen and oxygen atoms in total. The molecule has 96 valence electrons. The summed E-state index contributed by atoms with van der Waals surface area (Å²) in [5.74, 6) is 0.0222. The van der Waals surface area contributed by atoms with Crippen molar-refractivity contribution < 1.29 is 9.53 Å². The number of nitriles is 1. The quantitative estimate of drug-likeness (QED) is 0.801. The lowest BCUT2D eigenvalue weighted by Crippen LogP contribution is -2.27. The molecule has 4 heteroatoms. The van der Waals surface area contributed by atoms with Gasteiger partial charge in [-0.3, -0.25) is 4.79 Å². The van der Waals surface area contributed by atoms with E-state index in [0.717, 1.165) is 5.69 Å². The molecule has 1 amide bonds. The number of amides is 1. The first-order valence-corrected chi connectivity index (χ1v) is 5.88.